The van der Waals surface area contributed by atoms with Gasteiger partial charge in [0.15, 0.2) is 0 Å². The minimum atomic E-state index is -1.26. The molecule has 8 N–H and O–H groups in total. The highest BCUT2D eigenvalue weighted by Gasteiger charge is 2.39. The molecule has 2 heterocycles. The Hall–Kier alpha value is -4.23. The fourth-order valence-corrected chi connectivity index (χ4v) is 6.61. The number of ether oxygens (including phenoxy) is 2. The van der Waals surface area contributed by atoms with Crippen LogP contribution in [0.2, 0.25) is 0 Å². The van der Waals surface area contributed by atoms with Gasteiger partial charge in [0.25, 0.3) is 5.88 Å². The fraction of sp³-hybridized carbons (Fsp3) is 0.595. The predicted molar refractivity (Wildman–Crippen MR) is 226 cm³/mol. The molecule has 330 valence electrons. The van der Waals surface area contributed by atoms with E-state index < -0.39 is 36.4 Å². The number of allylic oxidation sites excluding steroid dienone is 2. The van der Waals surface area contributed by atoms with Crippen molar-refractivity contribution >= 4 is 35.4 Å². The van der Waals surface area contributed by atoms with E-state index in [-0.39, 0.29) is 29.9 Å². The smallest absolute Gasteiger partial charge is 0.328 e. The number of aliphatic carboxylic acids is 2. The summed E-state index contributed by atoms with van der Waals surface area (Å²) in [5.41, 5.74) is 1.17. The molecule has 1 amide bonds. The van der Waals surface area contributed by atoms with Crippen molar-refractivity contribution in [3.8, 4) is 5.88 Å². The van der Waals surface area contributed by atoms with E-state index in [0.717, 1.165) is 49.9 Å². The van der Waals surface area contributed by atoms with E-state index in [1.54, 1.807) is 6.08 Å². The highest BCUT2D eigenvalue weighted by molar-refractivity contribution is 6.99. The summed E-state index contributed by atoms with van der Waals surface area (Å²) >= 11 is 1.12. The molecule has 59 heavy (non-hydrogen) atoms. The average Bonchev–Trinajstić information content (AvgIpc) is 3.78. The lowest BCUT2D eigenvalue weighted by Gasteiger charge is -2.27. The van der Waals surface area contributed by atoms with Gasteiger partial charge in [-0.05, 0) is 71.3 Å². The second-order valence-corrected chi connectivity index (χ2v) is 15.8. The van der Waals surface area contributed by atoms with Gasteiger partial charge in [-0.1, -0.05) is 54.6 Å². The van der Waals surface area contributed by atoms with E-state index in [1.807, 2.05) is 55.5 Å². The number of unbranched alkanes of at least 4 members (excludes halogenated alkanes) is 1. The van der Waals surface area contributed by atoms with E-state index in [9.17, 15) is 34.8 Å². The first kappa shape index (κ1) is 50.9. The Morgan fingerprint density at radius 2 is 1.69 bits per heavy atom. The van der Waals surface area contributed by atoms with Crippen LogP contribution in [-0.4, -0.2) is 133 Å². The number of aromatic nitrogens is 2. The van der Waals surface area contributed by atoms with E-state index in [4.69, 9.17) is 19.7 Å². The van der Waals surface area contributed by atoms with Crippen molar-refractivity contribution in [3.05, 3.63) is 72.4 Å². The number of morpholine rings is 1. The highest BCUT2D eigenvalue weighted by atomic mass is 32.1. The van der Waals surface area contributed by atoms with Crippen LogP contribution >= 0.6 is 11.7 Å². The number of nitrogens with zero attached hydrogens (tertiary/aromatic N) is 3. The van der Waals surface area contributed by atoms with Crippen LogP contribution in [0.3, 0.4) is 0 Å². The number of aliphatic hydroxyl groups excluding tert-OH is 4. The molecule has 2 fully saturated rings. The molecule has 0 spiro atoms. The zero-order chi connectivity index (χ0) is 43.6. The largest absolute Gasteiger partial charge is 0.478 e. The lowest BCUT2D eigenvalue weighted by Crippen LogP contribution is -2.42. The third-order valence-corrected chi connectivity index (χ3v) is 9.67. The van der Waals surface area contributed by atoms with Crippen molar-refractivity contribution < 1.29 is 54.5 Å². The summed E-state index contributed by atoms with van der Waals surface area (Å²) in [6, 6.07) is 10.1. The number of aliphatic hydroxyl groups is 4. The number of carbonyl (C=O) groups excluding carboxylic acids is 1. The van der Waals surface area contributed by atoms with Gasteiger partial charge >= 0.3 is 11.9 Å². The quantitative estimate of drug-likeness (QED) is 0.0541. The number of β-amino-alcohol motifs (C(OH)–C–C–N with tert-alkyl or cyclic N) is 1. The van der Waals surface area contributed by atoms with Crippen molar-refractivity contribution in [2.45, 2.75) is 103 Å². The van der Waals surface area contributed by atoms with Crippen molar-refractivity contribution in [2.24, 2.45) is 11.8 Å². The number of carboxylic acids is 2. The molecule has 4 rings (SSSR count). The van der Waals surface area contributed by atoms with Crippen molar-refractivity contribution in [1.82, 2.24) is 19.4 Å². The minimum absolute atomic E-state index is 0.0257. The molecule has 1 aliphatic carbocycles. The molecule has 2 aliphatic rings. The van der Waals surface area contributed by atoms with E-state index >= 15 is 0 Å². The van der Waals surface area contributed by atoms with Gasteiger partial charge in [0.05, 0.1) is 43.3 Å². The fourth-order valence-electron chi connectivity index (χ4n) is 6.09. The molecule has 0 unspecified atom stereocenters. The maximum absolute atomic E-state index is 11.4. The molecule has 1 aromatic carbocycles. The Kier molecular flexibility index (Phi) is 24.4. The van der Waals surface area contributed by atoms with E-state index in [1.165, 1.54) is 5.56 Å². The number of aryl methyl sites for hydroxylation is 1. The Bertz CT molecular complexity index is 1560. The number of benzene rings is 1. The summed E-state index contributed by atoms with van der Waals surface area (Å²) in [5, 5.41) is 62.6. The first-order chi connectivity index (χ1) is 28.1. The van der Waals surface area contributed by atoms with Crippen molar-refractivity contribution in [1.29, 1.82) is 0 Å². The van der Waals surface area contributed by atoms with Crippen molar-refractivity contribution in [2.75, 3.05) is 50.9 Å². The second-order valence-electron chi connectivity index (χ2n) is 15.2. The van der Waals surface area contributed by atoms with Gasteiger partial charge in [0.1, 0.15) is 12.7 Å². The van der Waals surface area contributed by atoms with Crippen LogP contribution in [-0.2, 0) is 25.5 Å². The predicted octanol–water partition coefficient (Wildman–Crippen LogP) is 3.36. The van der Waals surface area contributed by atoms with E-state index in [2.05, 4.69) is 45.1 Å². The number of nitrogens with one attached hydrogen (secondary N) is 2. The van der Waals surface area contributed by atoms with Crippen molar-refractivity contribution in [3.63, 3.8) is 0 Å². The molecule has 0 radical (unpaired) electrons. The Balaban J connectivity index is 0.000000357. The first-order valence-corrected chi connectivity index (χ1v) is 20.9. The van der Waals surface area contributed by atoms with Gasteiger partial charge in [-0.15, -0.1) is 4.37 Å². The lowest BCUT2D eigenvalue weighted by molar-refractivity contribution is -0.134. The third kappa shape index (κ3) is 22.6. The molecule has 0 bridgehead atoms. The SMILES string of the molecule is CC(C)(C)NC[C@H](O)COc1nsnc1N1CCOCC1.CCNC(=O)CCC/C=C\C[C@@H]1[C@@H](/C=C/[C@@H](O)CCc2ccccc2)[C@H](O)C[C@@H]1O.O=C(O)/C=C\C(=O)O. The Morgan fingerprint density at radius 3 is 2.32 bits per heavy atom. The zero-order valence-corrected chi connectivity index (χ0v) is 35.5. The average molecular weight is 848 g/mol. The molecule has 2 aromatic rings. The van der Waals surface area contributed by atoms with Gasteiger partial charge < -0.3 is 55.6 Å². The second kappa shape index (κ2) is 28.3. The summed E-state index contributed by atoms with van der Waals surface area (Å²) in [7, 11) is 0. The van der Waals surface area contributed by atoms with Crippen LogP contribution in [0, 0.1) is 11.8 Å². The summed E-state index contributed by atoms with van der Waals surface area (Å²) in [4.78, 5) is 32.6. The standard InChI is InChI=1S/C25H37NO4.C13H24N4O3S.C4H4O4/c1-2-26-25(30)13-9-4-3-8-12-21-22(24(29)18-23(21)28)17-16-20(27)15-14-19-10-6-5-7-11-19;1-13(2,3)14-8-10(18)9-20-12-11(15-21-16-12)17-4-6-19-7-5-17;5-3(6)1-2-4(7)8/h3,5-8,10-11,16-17,20-24,27-29H,2,4,9,12-15,18H2,1H3,(H,26,30);10,14,18H,4-9H2,1-3H3;1-2H,(H,5,6)(H,7,8)/b8-3-,17-16+;;2-1-/t20-,21+,22+,23-,24+;10-;/m00./s1. The summed E-state index contributed by atoms with van der Waals surface area (Å²) < 4.78 is 19.4. The Morgan fingerprint density at radius 1 is 1.02 bits per heavy atom. The summed E-state index contributed by atoms with van der Waals surface area (Å²) in [6.07, 6.45) is 11.2. The van der Waals surface area contributed by atoms with Gasteiger partial charge in [-0.3, -0.25) is 4.79 Å². The molecule has 1 aliphatic heterocycles. The topological polar surface area (TPSA) is 244 Å². The number of carboxylic acid groups (broad SMARTS) is 2. The third-order valence-electron chi connectivity index (χ3n) is 9.17. The molecule has 1 aromatic heterocycles. The monoisotopic (exact) mass is 847 g/mol. The van der Waals surface area contributed by atoms with Crippen LogP contribution in [0.5, 0.6) is 5.88 Å². The van der Waals surface area contributed by atoms with Gasteiger partial charge in [-0.2, -0.15) is 4.37 Å². The maximum Gasteiger partial charge on any atom is 0.328 e. The first-order valence-electron chi connectivity index (χ1n) is 20.1. The van der Waals surface area contributed by atoms with Crippen LogP contribution < -0.4 is 20.3 Å². The molecular weight excluding hydrogens is 783 g/mol. The molecule has 6 atom stereocenters. The number of hydrogen-bond acceptors (Lipinski definition) is 14. The number of carbonyl (C=O) groups is 3. The molecular formula is C42H65N5O11S. The molecule has 1 saturated heterocycles. The number of hydrogen-bond donors (Lipinski definition) is 8. The van der Waals surface area contributed by atoms with E-state index in [0.29, 0.717) is 70.0 Å². The number of amides is 1. The van der Waals surface area contributed by atoms with Gasteiger partial charge in [-0.25, -0.2) is 9.59 Å². The molecule has 17 heteroatoms. The van der Waals surface area contributed by atoms with Crippen LogP contribution in [0.4, 0.5) is 5.82 Å². The van der Waals surface area contributed by atoms with Crippen LogP contribution in [0.1, 0.15) is 71.8 Å². The summed E-state index contributed by atoms with van der Waals surface area (Å²) in [6.45, 7) is 12.4. The molecule has 1 saturated carbocycles. The molecule has 16 nitrogen and oxygen atoms in total. The van der Waals surface area contributed by atoms with Crippen LogP contribution in [0.25, 0.3) is 0 Å². The van der Waals surface area contributed by atoms with Crippen LogP contribution in [0.15, 0.2) is 66.8 Å². The lowest BCUT2D eigenvalue weighted by atomic mass is 9.89. The zero-order valence-electron chi connectivity index (χ0n) is 34.7. The number of rotatable bonds is 20. The highest BCUT2D eigenvalue weighted by Crippen LogP contribution is 2.36. The minimum Gasteiger partial charge on any atom is -0.478 e. The van der Waals surface area contributed by atoms with Gasteiger partial charge in [0.2, 0.25) is 11.7 Å². The van der Waals surface area contributed by atoms with Gasteiger partial charge in [0, 0.05) is 62.6 Å². The maximum atomic E-state index is 11.4. The normalized spacial score (nSPS) is 20.4. The summed E-state index contributed by atoms with van der Waals surface area (Å²) in [5.74, 6) is -1.41. The Labute approximate surface area is 352 Å². The number of anilines is 1.